The van der Waals surface area contributed by atoms with E-state index < -0.39 is 0 Å². The molecule has 3 aromatic carbocycles. The van der Waals surface area contributed by atoms with Gasteiger partial charge in [-0.3, -0.25) is 4.79 Å². The summed E-state index contributed by atoms with van der Waals surface area (Å²) in [6, 6.07) is 14.9. The van der Waals surface area contributed by atoms with E-state index in [0.29, 0.717) is 39.0 Å². The monoisotopic (exact) mass is 606 g/mol. The minimum atomic E-state index is -0.326. The Morgan fingerprint density at radius 3 is 2.55 bits per heavy atom. The predicted molar refractivity (Wildman–Crippen MR) is 168 cm³/mol. The van der Waals surface area contributed by atoms with Crippen LogP contribution in [0.3, 0.4) is 0 Å². The van der Waals surface area contributed by atoms with Crippen LogP contribution in [-0.4, -0.2) is 34.2 Å². The van der Waals surface area contributed by atoms with Gasteiger partial charge in [-0.15, -0.1) is 0 Å². The summed E-state index contributed by atoms with van der Waals surface area (Å²) in [5.74, 6) is 1.24. The van der Waals surface area contributed by atoms with Crippen LogP contribution in [0.2, 0.25) is 10.0 Å². The van der Waals surface area contributed by atoms with E-state index in [1.807, 2.05) is 61.1 Å². The third-order valence-corrected chi connectivity index (χ3v) is 8.18. The SMILES string of the molecule is COc1ccc(Cn2c(=O)c(N)c(-c3ccc(Cl)c4nn(C5CCCCO5)cc34)c3cc(OC(C)C)c(Cl)cc32)cc1. The number of halogens is 2. The molecule has 0 saturated carbocycles. The highest BCUT2D eigenvalue weighted by atomic mass is 35.5. The topological polar surface area (TPSA) is 93.5 Å². The van der Waals surface area contributed by atoms with Crippen molar-refractivity contribution in [3.63, 3.8) is 0 Å². The zero-order valence-electron chi connectivity index (χ0n) is 23.7. The van der Waals surface area contributed by atoms with Crippen LogP contribution in [-0.2, 0) is 11.3 Å². The molecule has 0 spiro atoms. The number of hydrogen-bond donors (Lipinski definition) is 1. The molecule has 2 aromatic heterocycles. The normalized spacial score (nSPS) is 15.5. The van der Waals surface area contributed by atoms with Gasteiger partial charge in [0.25, 0.3) is 5.56 Å². The number of pyridine rings is 1. The van der Waals surface area contributed by atoms with E-state index in [2.05, 4.69) is 0 Å². The van der Waals surface area contributed by atoms with Gasteiger partial charge >= 0.3 is 0 Å². The van der Waals surface area contributed by atoms with Crippen LogP contribution >= 0.6 is 23.2 Å². The second-order valence-electron chi connectivity index (χ2n) is 10.8. The summed E-state index contributed by atoms with van der Waals surface area (Å²) in [7, 11) is 1.62. The highest BCUT2D eigenvalue weighted by Crippen LogP contribution is 2.42. The average molecular weight is 608 g/mol. The van der Waals surface area contributed by atoms with Gasteiger partial charge in [-0.05, 0) is 74.6 Å². The highest BCUT2D eigenvalue weighted by Gasteiger charge is 2.24. The Labute approximate surface area is 253 Å². The van der Waals surface area contributed by atoms with Gasteiger partial charge in [0.15, 0.2) is 0 Å². The van der Waals surface area contributed by atoms with Crippen LogP contribution < -0.4 is 20.8 Å². The molecule has 1 atom stereocenters. The Balaban J connectivity index is 1.60. The van der Waals surface area contributed by atoms with Crippen molar-refractivity contribution in [2.75, 3.05) is 19.5 Å². The van der Waals surface area contributed by atoms with Gasteiger partial charge in [0.2, 0.25) is 0 Å². The molecule has 0 amide bonds. The van der Waals surface area contributed by atoms with Crippen molar-refractivity contribution in [2.24, 2.45) is 0 Å². The summed E-state index contributed by atoms with van der Waals surface area (Å²) in [6.45, 7) is 4.85. The van der Waals surface area contributed by atoms with Crippen LogP contribution in [0.5, 0.6) is 11.5 Å². The van der Waals surface area contributed by atoms with Crippen molar-refractivity contribution in [1.82, 2.24) is 14.3 Å². The van der Waals surface area contributed by atoms with Crippen LogP contribution in [0.1, 0.15) is 44.9 Å². The fourth-order valence-corrected chi connectivity index (χ4v) is 5.97. The molecule has 218 valence electrons. The number of benzene rings is 3. The molecule has 1 unspecified atom stereocenters. The summed E-state index contributed by atoms with van der Waals surface area (Å²) < 4.78 is 20.8. The van der Waals surface area contributed by atoms with Crippen LogP contribution in [0.25, 0.3) is 32.9 Å². The van der Waals surface area contributed by atoms with Gasteiger partial charge in [-0.2, -0.15) is 5.10 Å². The first-order chi connectivity index (χ1) is 20.2. The maximum Gasteiger partial charge on any atom is 0.275 e. The van der Waals surface area contributed by atoms with Gasteiger partial charge < -0.3 is 24.5 Å². The number of ether oxygens (including phenoxy) is 3. The molecule has 1 aliphatic rings. The van der Waals surface area contributed by atoms with Crippen LogP contribution in [0.4, 0.5) is 5.69 Å². The van der Waals surface area contributed by atoms with E-state index in [1.54, 1.807) is 23.8 Å². The first-order valence-electron chi connectivity index (χ1n) is 14.0. The number of nitrogen functional groups attached to an aromatic ring is 1. The Morgan fingerprint density at radius 2 is 1.86 bits per heavy atom. The lowest BCUT2D eigenvalue weighted by atomic mass is 9.96. The number of methoxy groups -OCH3 is 1. The lowest BCUT2D eigenvalue weighted by Gasteiger charge is -2.22. The molecule has 42 heavy (non-hydrogen) atoms. The molecule has 3 heterocycles. The zero-order valence-corrected chi connectivity index (χ0v) is 25.2. The van der Waals surface area contributed by atoms with Gasteiger partial charge in [-0.1, -0.05) is 41.4 Å². The van der Waals surface area contributed by atoms with Crippen molar-refractivity contribution in [3.05, 3.63) is 80.7 Å². The maximum absolute atomic E-state index is 14.0. The minimum absolute atomic E-state index is 0.109. The molecular formula is C32H32Cl2N4O4. The Morgan fingerprint density at radius 1 is 1.07 bits per heavy atom. The fourth-order valence-electron chi connectivity index (χ4n) is 5.57. The van der Waals surface area contributed by atoms with Crippen molar-refractivity contribution < 1.29 is 14.2 Å². The number of hydrogen-bond acceptors (Lipinski definition) is 6. The third-order valence-electron chi connectivity index (χ3n) is 7.58. The highest BCUT2D eigenvalue weighted by molar-refractivity contribution is 6.36. The second-order valence-corrected chi connectivity index (χ2v) is 11.6. The maximum atomic E-state index is 14.0. The van der Waals surface area contributed by atoms with E-state index in [9.17, 15) is 4.79 Å². The molecule has 1 aliphatic heterocycles. The lowest BCUT2D eigenvalue weighted by Crippen LogP contribution is -2.25. The molecule has 0 radical (unpaired) electrons. The molecule has 10 heteroatoms. The number of aromatic nitrogens is 3. The number of rotatable bonds is 7. The van der Waals surface area contributed by atoms with Crippen molar-refractivity contribution in [2.45, 2.75) is 52.0 Å². The first-order valence-corrected chi connectivity index (χ1v) is 14.7. The zero-order chi connectivity index (χ0) is 29.5. The number of nitrogens with zero attached hydrogens (tertiary/aromatic N) is 3. The molecule has 1 saturated heterocycles. The van der Waals surface area contributed by atoms with E-state index in [1.165, 1.54) is 0 Å². The number of nitrogens with two attached hydrogens (primary N) is 1. The summed E-state index contributed by atoms with van der Waals surface area (Å²) >= 11 is 13.4. The van der Waals surface area contributed by atoms with Gasteiger partial charge in [0, 0.05) is 29.1 Å². The second kappa shape index (κ2) is 11.5. The summed E-state index contributed by atoms with van der Waals surface area (Å²) in [4.78, 5) is 14.0. The molecule has 0 aliphatic carbocycles. The number of anilines is 1. The first kappa shape index (κ1) is 28.4. The van der Waals surface area contributed by atoms with Crippen LogP contribution in [0, 0.1) is 0 Å². The molecule has 6 rings (SSSR count). The summed E-state index contributed by atoms with van der Waals surface area (Å²) in [6.07, 6.45) is 4.60. The fraction of sp³-hybridized carbons (Fsp3) is 0.312. The largest absolute Gasteiger partial charge is 0.497 e. The van der Waals surface area contributed by atoms with Crippen molar-refractivity contribution >= 4 is 50.7 Å². The van der Waals surface area contributed by atoms with Gasteiger partial charge in [-0.25, -0.2) is 4.68 Å². The molecule has 0 bridgehead atoms. The lowest BCUT2D eigenvalue weighted by molar-refractivity contribution is -0.0390. The number of fused-ring (bicyclic) bond motifs is 2. The molecule has 8 nitrogen and oxygen atoms in total. The third kappa shape index (κ3) is 5.19. The van der Waals surface area contributed by atoms with E-state index in [0.717, 1.165) is 46.9 Å². The molecule has 2 N–H and O–H groups in total. The van der Waals surface area contributed by atoms with Gasteiger partial charge in [0.1, 0.15) is 28.9 Å². The summed E-state index contributed by atoms with van der Waals surface area (Å²) in [5.41, 5.74) is 10.0. The average Bonchev–Trinajstić information content (AvgIpc) is 3.45. The van der Waals surface area contributed by atoms with Crippen molar-refractivity contribution in [3.8, 4) is 22.6 Å². The molecule has 1 fully saturated rings. The molecule has 5 aromatic rings. The van der Waals surface area contributed by atoms with E-state index in [4.69, 9.17) is 48.2 Å². The smallest absolute Gasteiger partial charge is 0.275 e. The standard InChI is InChI=1S/C32H32Cl2N4O4/c1-18(2)42-27-14-22-26(15-25(27)34)37(16-19-7-9-20(40-3)10-8-19)32(39)30(35)29(22)21-11-12-24(33)31-23(21)17-38(36-31)28-6-4-5-13-41-28/h7-12,14-15,17-18,28H,4-6,13,16,35H2,1-3H3. The van der Waals surface area contributed by atoms with E-state index >= 15 is 0 Å². The molecular weight excluding hydrogens is 575 g/mol. The Hall–Kier alpha value is -3.72. The quantitative estimate of drug-likeness (QED) is 0.207. The van der Waals surface area contributed by atoms with Crippen LogP contribution in [0.15, 0.2) is 59.5 Å². The minimum Gasteiger partial charge on any atom is -0.497 e. The summed E-state index contributed by atoms with van der Waals surface area (Å²) in [5, 5.41) is 7.20. The van der Waals surface area contributed by atoms with Gasteiger partial charge in [0.05, 0.1) is 35.3 Å². The predicted octanol–water partition coefficient (Wildman–Crippen LogP) is 7.45. The Kier molecular flexibility index (Phi) is 7.79. The van der Waals surface area contributed by atoms with Crippen molar-refractivity contribution in [1.29, 1.82) is 0 Å². The Bertz CT molecular complexity index is 1840. The van der Waals surface area contributed by atoms with E-state index in [-0.39, 0.29) is 30.1 Å².